The molecule has 2 N–H and O–H groups in total. The van der Waals surface area contributed by atoms with Crippen molar-refractivity contribution < 1.29 is 14.6 Å². The van der Waals surface area contributed by atoms with E-state index < -0.39 is 8.07 Å². The van der Waals surface area contributed by atoms with E-state index in [2.05, 4.69) is 46.1 Å². The molecule has 1 amide bonds. The van der Waals surface area contributed by atoms with Gasteiger partial charge in [-0.3, -0.25) is 9.48 Å². The lowest BCUT2D eigenvalue weighted by Crippen LogP contribution is -2.22. The predicted octanol–water partition coefficient (Wildman–Crippen LogP) is 4.29. The maximum Gasteiger partial charge on any atom is 0.276 e. The quantitative estimate of drug-likeness (QED) is 0.220. The number of carbonyl (C=O) groups excluding carboxylic acids is 1. The number of aromatic nitrogens is 4. The van der Waals surface area contributed by atoms with Crippen molar-refractivity contribution in [3.8, 4) is 6.07 Å². The second kappa shape index (κ2) is 11.6. The van der Waals surface area contributed by atoms with Crippen LogP contribution in [0, 0.1) is 11.3 Å². The highest BCUT2D eigenvalue weighted by Gasteiger charge is 2.23. The highest BCUT2D eigenvalue weighted by molar-refractivity contribution is 6.76. The molecule has 208 valence electrons. The number of fused-ring (bicyclic) bond motifs is 1. The second-order valence-corrected chi connectivity index (χ2v) is 17.1. The second-order valence-electron chi connectivity index (χ2n) is 11.5. The lowest BCUT2D eigenvalue weighted by molar-refractivity contribution is 0.0809. The molecule has 1 aliphatic heterocycles. The number of anilines is 2. The van der Waals surface area contributed by atoms with Gasteiger partial charge in [0.25, 0.3) is 5.91 Å². The van der Waals surface area contributed by atoms with Crippen molar-refractivity contribution in [1.29, 1.82) is 5.26 Å². The zero-order valence-corrected chi connectivity index (χ0v) is 24.2. The monoisotopic (exact) mass is 557 g/mol. The van der Waals surface area contributed by atoms with E-state index in [4.69, 9.17) is 10.00 Å². The van der Waals surface area contributed by atoms with Crippen molar-refractivity contribution in [2.75, 3.05) is 29.9 Å². The lowest BCUT2D eigenvalue weighted by atomic mass is 10.1. The van der Waals surface area contributed by atoms with Crippen molar-refractivity contribution in [2.24, 2.45) is 0 Å². The Morgan fingerprint density at radius 2 is 2.10 bits per heavy atom. The van der Waals surface area contributed by atoms with Gasteiger partial charge < -0.3 is 20.1 Å². The van der Waals surface area contributed by atoms with E-state index in [1.165, 1.54) is 0 Å². The van der Waals surface area contributed by atoms with Crippen LogP contribution in [-0.2, 0) is 18.0 Å². The minimum atomic E-state index is -1.24. The van der Waals surface area contributed by atoms with Gasteiger partial charge in [-0.2, -0.15) is 15.5 Å². The number of carbonyl (C=O) groups is 1. The number of hydrogen-bond donors (Lipinski definition) is 2. The SMILES string of the molecule is C[Si](C)(C)CCOCn1nc(C(=O)Nc2cnn(Cc3cccc(C#N)c3)c2)c2ccc(N3CCC(O)C3)cc21. The van der Waals surface area contributed by atoms with E-state index in [-0.39, 0.29) is 18.7 Å². The minimum absolute atomic E-state index is 0.250. The van der Waals surface area contributed by atoms with Crippen molar-refractivity contribution in [3.63, 3.8) is 0 Å². The Morgan fingerprint density at radius 3 is 2.85 bits per heavy atom. The average Bonchev–Trinajstić information content (AvgIpc) is 3.65. The van der Waals surface area contributed by atoms with Crippen molar-refractivity contribution in [3.05, 3.63) is 71.7 Å². The molecule has 0 bridgehead atoms. The van der Waals surface area contributed by atoms with Gasteiger partial charge in [-0.1, -0.05) is 31.8 Å². The van der Waals surface area contributed by atoms with Gasteiger partial charge >= 0.3 is 0 Å². The zero-order chi connectivity index (χ0) is 28.3. The van der Waals surface area contributed by atoms with Crippen molar-refractivity contribution >= 4 is 36.3 Å². The number of amides is 1. The summed E-state index contributed by atoms with van der Waals surface area (Å²) in [6, 6.07) is 16.5. The molecule has 2 aromatic heterocycles. The molecule has 3 heterocycles. The molecule has 11 heteroatoms. The van der Waals surface area contributed by atoms with Crippen LogP contribution < -0.4 is 10.2 Å². The molecule has 0 saturated carbocycles. The van der Waals surface area contributed by atoms with Gasteiger partial charge in [-0.15, -0.1) is 0 Å². The van der Waals surface area contributed by atoms with Gasteiger partial charge in [-0.05, 0) is 48.4 Å². The summed E-state index contributed by atoms with van der Waals surface area (Å²) in [5.41, 5.74) is 4.20. The number of nitrogens with zero attached hydrogens (tertiary/aromatic N) is 6. The van der Waals surface area contributed by atoms with Crippen LogP contribution in [0.25, 0.3) is 10.9 Å². The van der Waals surface area contributed by atoms with E-state index in [1.54, 1.807) is 27.8 Å². The van der Waals surface area contributed by atoms with E-state index in [9.17, 15) is 9.90 Å². The third-order valence-electron chi connectivity index (χ3n) is 6.98. The maximum atomic E-state index is 13.4. The number of rotatable bonds is 10. The molecule has 1 aliphatic rings. The fourth-order valence-electron chi connectivity index (χ4n) is 4.76. The highest BCUT2D eigenvalue weighted by atomic mass is 28.3. The largest absolute Gasteiger partial charge is 0.391 e. The van der Waals surface area contributed by atoms with Crippen molar-refractivity contribution in [2.45, 2.75) is 51.5 Å². The Kier molecular flexibility index (Phi) is 8.02. The van der Waals surface area contributed by atoms with Gasteiger partial charge in [0.1, 0.15) is 6.73 Å². The molecule has 1 unspecified atom stereocenters. The summed E-state index contributed by atoms with van der Waals surface area (Å²) >= 11 is 0. The van der Waals surface area contributed by atoms with Gasteiger partial charge in [0.05, 0.1) is 41.7 Å². The molecule has 1 saturated heterocycles. The normalized spacial score (nSPS) is 15.5. The molecule has 0 radical (unpaired) electrons. The number of aliphatic hydroxyl groups excluding tert-OH is 1. The van der Waals surface area contributed by atoms with Crippen LogP contribution in [0.15, 0.2) is 54.9 Å². The first-order chi connectivity index (χ1) is 19.2. The van der Waals surface area contributed by atoms with Crippen molar-refractivity contribution in [1.82, 2.24) is 19.6 Å². The van der Waals surface area contributed by atoms with Gasteiger partial charge in [0, 0.05) is 45.0 Å². The van der Waals surface area contributed by atoms with Gasteiger partial charge in [0.2, 0.25) is 0 Å². The summed E-state index contributed by atoms with van der Waals surface area (Å²) in [5.74, 6) is -0.332. The summed E-state index contributed by atoms with van der Waals surface area (Å²) in [4.78, 5) is 15.5. The first kappa shape index (κ1) is 27.6. The fraction of sp³-hybridized carbons (Fsp3) is 0.379. The van der Waals surface area contributed by atoms with E-state index in [0.717, 1.165) is 41.2 Å². The topological polar surface area (TPSA) is 121 Å². The Labute approximate surface area is 234 Å². The van der Waals surface area contributed by atoms with Crippen LogP contribution in [0.5, 0.6) is 0 Å². The molecule has 2 aromatic carbocycles. The summed E-state index contributed by atoms with van der Waals surface area (Å²) in [6.45, 7) is 9.67. The average molecular weight is 558 g/mol. The molecule has 1 fully saturated rings. The van der Waals surface area contributed by atoms with Gasteiger partial charge in [0.15, 0.2) is 5.69 Å². The number of benzene rings is 2. The predicted molar refractivity (Wildman–Crippen MR) is 157 cm³/mol. The third kappa shape index (κ3) is 6.59. The molecule has 40 heavy (non-hydrogen) atoms. The first-order valence-electron chi connectivity index (χ1n) is 13.5. The smallest absolute Gasteiger partial charge is 0.276 e. The molecule has 10 nitrogen and oxygen atoms in total. The number of nitriles is 1. The summed E-state index contributed by atoms with van der Waals surface area (Å²) in [7, 11) is -1.24. The fourth-order valence-corrected chi connectivity index (χ4v) is 5.52. The standard InChI is InChI=1S/C29H35N7O3Si/c1-40(2,3)12-11-39-20-36-27-14-24(34-10-9-25(37)19-34)7-8-26(27)28(33-36)29(38)32-23-16-31-35(18-23)17-22-6-4-5-21(13-22)15-30/h4-8,13-14,16,18,25,37H,9-12,17,19-20H2,1-3H3,(H,32,38). The van der Waals surface area contributed by atoms with Crippen LogP contribution in [0.4, 0.5) is 11.4 Å². The van der Waals surface area contributed by atoms with Crippen LogP contribution in [0.1, 0.15) is 28.0 Å². The molecule has 1 atom stereocenters. The number of β-amino-alcohol motifs (C(OH)–C–C–N with tert-alkyl or cyclic N) is 1. The van der Waals surface area contributed by atoms with Gasteiger partial charge in [-0.25, -0.2) is 4.68 Å². The molecule has 0 spiro atoms. The minimum Gasteiger partial charge on any atom is -0.391 e. The Bertz CT molecular complexity index is 1550. The molecule has 0 aliphatic carbocycles. The van der Waals surface area contributed by atoms with Crippen LogP contribution in [-0.4, -0.2) is 64.4 Å². The molecule has 4 aromatic rings. The lowest BCUT2D eigenvalue weighted by Gasteiger charge is -2.18. The summed E-state index contributed by atoms with van der Waals surface area (Å²) in [6.07, 6.45) is 3.76. The Morgan fingerprint density at radius 1 is 1.25 bits per heavy atom. The van der Waals surface area contributed by atoms with Crippen LogP contribution >= 0.6 is 0 Å². The van der Waals surface area contributed by atoms with E-state index >= 15 is 0 Å². The Balaban J connectivity index is 1.35. The maximum absolute atomic E-state index is 13.4. The number of nitrogens with one attached hydrogen (secondary N) is 1. The highest BCUT2D eigenvalue weighted by Crippen LogP contribution is 2.28. The first-order valence-corrected chi connectivity index (χ1v) is 17.2. The number of ether oxygens (including phenoxy) is 1. The van der Waals surface area contributed by atoms with Crippen LogP contribution in [0.3, 0.4) is 0 Å². The zero-order valence-electron chi connectivity index (χ0n) is 23.2. The summed E-state index contributed by atoms with van der Waals surface area (Å²) in [5, 5.41) is 31.8. The Hall–Kier alpha value is -3.98. The number of hydrogen-bond acceptors (Lipinski definition) is 7. The molecular formula is C29H35N7O3Si. The molecular weight excluding hydrogens is 522 g/mol. The molecule has 5 rings (SSSR count). The third-order valence-corrected chi connectivity index (χ3v) is 8.68. The van der Waals surface area contributed by atoms with E-state index in [1.807, 2.05) is 36.4 Å². The van der Waals surface area contributed by atoms with Crippen LogP contribution in [0.2, 0.25) is 25.7 Å². The van der Waals surface area contributed by atoms with E-state index in [0.29, 0.717) is 36.6 Å². The number of aliphatic hydroxyl groups is 1. The summed E-state index contributed by atoms with van der Waals surface area (Å²) < 4.78 is 9.45.